The maximum atomic E-state index is 14.6. The molecule has 0 aromatic heterocycles. The van der Waals surface area contributed by atoms with Crippen molar-refractivity contribution in [3.8, 4) is 0 Å². The number of amides is 3. The maximum absolute atomic E-state index is 14.6. The summed E-state index contributed by atoms with van der Waals surface area (Å²) in [5.74, 6) is -2.85. The van der Waals surface area contributed by atoms with Gasteiger partial charge in [-0.3, -0.25) is 14.4 Å². The van der Waals surface area contributed by atoms with Crippen LogP contribution < -0.4 is 16.0 Å². The first-order valence-electron chi connectivity index (χ1n) is 12.9. The van der Waals surface area contributed by atoms with Crippen molar-refractivity contribution in [2.45, 2.75) is 23.5 Å². The standard InChI is InChI=1S/C32H26ClF2N3O3S/c1-2-29(32(41)37-27-17-7-6-15-26(27)35)42-22-13-8-12-21(18-22)36-31(40)28(19-23-24(33)14-9-16-25(23)34)38-30(39)20-10-4-3-5-11-20/h3-19,29H,2H2,1H3,(H,36,40)(H,37,41)(H,38,39)/b28-19+. The summed E-state index contributed by atoms with van der Waals surface area (Å²) in [7, 11) is 0. The van der Waals surface area contributed by atoms with Gasteiger partial charge < -0.3 is 16.0 Å². The number of thioether (sulfide) groups is 1. The fourth-order valence-corrected chi connectivity index (χ4v) is 5.07. The number of anilines is 2. The molecular weight excluding hydrogens is 580 g/mol. The van der Waals surface area contributed by atoms with Crippen LogP contribution in [0.3, 0.4) is 0 Å². The Bertz CT molecular complexity index is 1610. The summed E-state index contributed by atoms with van der Waals surface area (Å²) < 4.78 is 28.6. The number of carbonyl (C=O) groups is 3. The second-order valence-corrected chi connectivity index (χ2v) is 10.7. The Kier molecular flexibility index (Phi) is 10.5. The molecule has 214 valence electrons. The van der Waals surface area contributed by atoms with Crippen molar-refractivity contribution in [3.05, 3.63) is 131 Å². The first-order valence-corrected chi connectivity index (χ1v) is 14.2. The van der Waals surface area contributed by atoms with Gasteiger partial charge in [-0.1, -0.05) is 61.0 Å². The number of nitrogens with one attached hydrogen (secondary N) is 3. The maximum Gasteiger partial charge on any atom is 0.272 e. The van der Waals surface area contributed by atoms with Crippen LogP contribution in [0.4, 0.5) is 20.2 Å². The van der Waals surface area contributed by atoms with Gasteiger partial charge in [-0.2, -0.15) is 0 Å². The van der Waals surface area contributed by atoms with Gasteiger partial charge in [0.25, 0.3) is 11.8 Å². The minimum Gasteiger partial charge on any atom is -0.323 e. The monoisotopic (exact) mass is 605 g/mol. The molecule has 1 atom stereocenters. The summed E-state index contributed by atoms with van der Waals surface area (Å²) in [6.45, 7) is 1.84. The van der Waals surface area contributed by atoms with Gasteiger partial charge in [0.1, 0.15) is 17.3 Å². The topological polar surface area (TPSA) is 87.3 Å². The highest BCUT2D eigenvalue weighted by molar-refractivity contribution is 8.00. The fraction of sp³-hybridized carbons (Fsp3) is 0.0938. The lowest BCUT2D eigenvalue weighted by Gasteiger charge is -2.16. The smallest absolute Gasteiger partial charge is 0.272 e. The summed E-state index contributed by atoms with van der Waals surface area (Å²) in [6.07, 6.45) is 1.63. The van der Waals surface area contributed by atoms with Crippen molar-refractivity contribution in [2.24, 2.45) is 0 Å². The van der Waals surface area contributed by atoms with Crippen LogP contribution in [0.2, 0.25) is 5.02 Å². The molecule has 0 aliphatic heterocycles. The van der Waals surface area contributed by atoms with E-state index in [4.69, 9.17) is 11.6 Å². The average molecular weight is 606 g/mol. The van der Waals surface area contributed by atoms with Crippen LogP contribution in [0.15, 0.2) is 108 Å². The van der Waals surface area contributed by atoms with Gasteiger partial charge in [-0.25, -0.2) is 8.78 Å². The molecule has 0 spiro atoms. The predicted octanol–water partition coefficient (Wildman–Crippen LogP) is 7.54. The molecule has 4 rings (SSSR count). The first kappa shape index (κ1) is 30.5. The Morgan fingerprint density at radius 2 is 1.55 bits per heavy atom. The van der Waals surface area contributed by atoms with E-state index in [-0.39, 0.29) is 27.9 Å². The molecule has 0 radical (unpaired) electrons. The van der Waals surface area contributed by atoms with Crippen molar-refractivity contribution < 1.29 is 23.2 Å². The molecule has 0 fully saturated rings. The molecule has 0 aliphatic carbocycles. The van der Waals surface area contributed by atoms with Gasteiger partial charge in [0, 0.05) is 21.7 Å². The second kappa shape index (κ2) is 14.4. The summed E-state index contributed by atoms with van der Waals surface area (Å²) >= 11 is 7.42. The van der Waals surface area contributed by atoms with Crippen LogP contribution >= 0.6 is 23.4 Å². The molecule has 10 heteroatoms. The van der Waals surface area contributed by atoms with Crippen LogP contribution in [0, 0.1) is 11.6 Å². The Morgan fingerprint density at radius 3 is 2.26 bits per heavy atom. The van der Waals surface area contributed by atoms with Gasteiger partial charge >= 0.3 is 0 Å². The van der Waals surface area contributed by atoms with Gasteiger partial charge in [-0.15, -0.1) is 11.8 Å². The van der Waals surface area contributed by atoms with Crippen molar-refractivity contribution in [1.82, 2.24) is 5.32 Å². The molecule has 0 heterocycles. The van der Waals surface area contributed by atoms with Crippen molar-refractivity contribution in [2.75, 3.05) is 10.6 Å². The van der Waals surface area contributed by atoms with E-state index in [9.17, 15) is 23.2 Å². The first-order chi connectivity index (χ1) is 20.2. The molecule has 0 saturated carbocycles. The van der Waals surface area contributed by atoms with E-state index in [1.165, 1.54) is 54.2 Å². The predicted molar refractivity (Wildman–Crippen MR) is 163 cm³/mol. The Labute approximate surface area is 251 Å². The third-order valence-electron chi connectivity index (χ3n) is 5.98. The number of halogens is 3. The highest BCUT2D eigenvalue weighted by atomic mass is 35.5. The number of rotatable bonds is 10. The molecular formula is C32H26ClF2N3O3S. The molecule has 3 N–H and O–H groups in total. The minimum absolute atomic E-state index is 0.0614. The molecule has 6 nitrogen and oxygen atoms in total. The zero-order valence-electron chi connectivity index (χ0n) is 22.4. The highest BCUT2D eigenvalue weighted by Crippen LogP contribution is 2.29. The normalized spacial score (nSPS) is 11.9. The number of carbonyl (C=O) groups excluding carboxylic acids is 3. The van der Waals surface area contributed by atoms with E-state index in [1.807, 2.05) is 6.92 Å². The van der Waals surface area contributed by atoms with E-state index < -0.39 is 28.7 Å². The zero-order valence-corrected chi connectivity index (χ0v) is 23.9. The molecule has 1 unspecified atom stereocenters. The third kappa shape index (κ3) is 8.05. The molecule has 42 heavy (non-hydrogen) atoms. The van der Waals surface area contributed by atoms with Crippen molar-refractivity contribution in [1.29, 1.82) is 0 Å². The minimum atomic E-state index is -0.718. The quantitative estimate of drug-likeness (QED) is 0.129. The Hall–Kier alpha value is -4.47. The largest absolute Gasteiger partial charge is 0.323 e. The molecule has 0 bridgehead atoms. The summed E-state index contributed by atoms with van der Waals surface area (Å²) in [5.41, 5.74) is 0.468. The number of hydrogen-bond acceptors (Lipinski definition) is 4. The van der Waals surface area contributed by atoms with Crippen LogP contribution in [0.1, 0.15) is 29.3 Å². The second-order valence-electron chi connectivity index (χ2n) is 8.98. The van der Waals surface area contributed by atoms with E-state index in [2.05, 4.69) is 16.0 Å². The lowest BCUT2D eigenvalue weighted by atomic mass is 10.1. The Morgan fingerprint density at radius 1 is 0.857 bits per heavy atom. The third-order valence-corrected chi connectivity index (χ3v) is 7.67. The molecule has 4 aromatic carbocycles. The van der Waals surface area contributed by atoms with E-state index in [0.29, 0.717) is 22.6 Å². The van der Waals surface area contributed by atoms with Crippen LogP contribution in [0.5, 0.6) is 0 Å². The van der Waals surface area contributed by atoms with Crippen molar-refractivity contribution >= 4 is 58.5 Å². The molecule has 3 amide bonds. The molecule has 0 aliphatic rings. The van der Waals surface area contributed by atoms with Gasteiger partial charge in [-0.05, 0) is 67.1 Å². The average Bonchev–Trinajstić information content (AvgIpc) is 2.99. The summed E-state index contributed by atoms with van der Waals surface area (Å²) in [5, 5.41) is 7.40. The van der Waals surface area contributed by atoms with E-state index in [0.717, 1.165) is 0 Å². The van der Waals surface area contributed by atoms with Gasteiger partial charge in [0.2, 0.25) is 5.91 Å². The van der Waals surface area contributed by atoms with E-state index in [1.54, 1.807) is 60.7 Å². The van der Waals surface area contributed by atoms with Gasteiger partial charge in [0.15, 0.2) is 0 Å². The highest BCUT2D eigenvalue weighted by Gasteiger charge is 2.21. The summed E-state index contributed by atoms with van der Waals surface area (Å²) in [4.78, 5) is 39.8. The number of para-hydroxylation sites is 1. The van der Waals surface area contributed by atoms with Crippen LogP contribution in [-0.2, 0) is 9.59 Å². The van der Waals surface area contributed by atoms with Crippen LogP contribution in [0.25, 0.3) is 6.08 Å². The SMILES string of the molecule is CCC(Sc1cccc(NC(=O)/C(=C\c2c(F)cccc2Cl)NC(=O)c2ccccc2)c1)C(=O)Nc1ccccc1F. The molecule has 0 saturated heterocycles. The lowest BCUT2D eigenvalue weighted by Crippen LogP contribution is -2.30. The zero-order chi connectivity index (χ0) is 30.1. The van der Waals surface area contributed by atoms with E-state index >= 15 is 0 Å². The number of benzene rings is 4. The lowest BCUT2D eigenvalue weighted by molar-refractivity contribution is -0.116. The summed E-state index contributed by atoms with van der Waals surface area (Å²) in [6, 6.07) is 25.0. The fourth-order valence-electron chi connectivity index (χ4n) is 3.84. The van der Waals surface area contributed by atoms with Crippen LogP contribution in [-0.4, -0.2) is 23.0 Å². The van der Waals surface area contributed by atoms with Gasteiger partial charge in [0.05, 0.1) is 16.0 Å². The van der Waals surface area contributed by atoms with Crippen molar-refractivity contribution in [3.63, 3.8) is 0 Å². The number of hydrogen-bond donors (Lipinski definition) is 3. The Balaban J connectivity index is 1.54. The molecule has 4 aromatic rings.